The van der Waals surface area contributed by atoms with Gasteiger partial charge in [-0.25, -0.2) is 9.97 Å². The van der Waals surface area contributed by atoms with Crippen LogP contribution in [-0.4, -0.2) is 31.7 Å². The van der Waals surface area contributed by atoms with E-state index in [4.69, 9.17) is 4.74 Å². The number of aliphatic hydroxyl groups is 1. The molecule has 18 heavy (non-hydrogen) atoms. The second-order valence-electron chi connectivity index (χ2n) is 3.87. The van der Waals surface area contributed by atoms with Gasteiger partial charge < -0.3 is 14.4 Å². The number of rotatable bonds is 5. The maximum atomic E-state index is 10.4. The molecule has 2 aromatic heterocycles. The first-order valence-electron chi connectivity index (χ1n) is 5.81. The molecule has 1 unspecified atom stereocenters. The number of aliphatic hydroxyl groups excluding tert-OH is 1. The van der Waals surface area contributed by atoms with E-state index in [1.54, 1.807) is 12.5 Å². The lowest BCUT2D eigenvalue weighted by Crippen LogP contribution is -2.11. The molecule has 0 aliphatic rings. The quantitative estimate of drug-likeness (QED) is 0.860. The lowest BCUT2D eigenvalue weighted by Gasteiger charge is -2.14. The van der Waals surface area contributed by atoms with E-state index in [0.717, 1.165) is 13.0 Å². The van der Waals surface area contributed by atoms with Crippen LogP contribution < -0.4 is 4.74 Å². The second-order valence-corrected chi connectivity index (χ2v) is 3.87. The number of hydrogen-bond donors (Lipinski definition) is 1. The lowest BCUT2D eigenvalue weighted by atomic mass is 10.2. The number of aromatic nitrogens is 4. The van der Waals surface area contributed by atoms with Crippen LogP contribution in [0, 0.1) is 0 Å². The molecule has 0 spiro atoms. The molecule has 0 saturated carbocycles. The summed E-state index contributed by atoms with van der Waals surface area (Å²) in [5, 5.41) is 10.4. The van der Waals surface area contributed by atoms with Crippen molar-refractivity contribution in [1.29, 1.82) is 0 Å². The third kappa shape index (κ3) is 2.33. The lowest BCUT2D eigenvalue weighted by molar-refractivity contribution is 0.197. The third-order valence-corrected chi connectivity index (χ3v) is 2.63. The van der Waals surface area contributed by atoms with Gasteiger partial charge in [0, 0.05) is 18.9 Å². The van der Waals surface area contributed by atoms with Crippen molar-refractivity contribution in [3.63, 3.8) is 0 Å². The fraction of sp³-hybridized carbons (Fsp3) is 0.417. The number of imidazole rings is 1. The molecular weight excluding hydrogens is 232 g/mol. The zero-order chi connectivity index (χ0) is 13.0. The van der Waals surface area contributed by atoms with Crippen LogP contribution in [-0.2, 0) is 6.54 Å². The Bertz CT molecular complexity index is 512. The van der Waals surface area contributed by atoms with Gasteiger partial charge in [0.05, 0.1) is 25.3 Å². The second kappa shape index (κ2) is 5.59. The molecule has 2 aromatic rings. The summed E-state index contributed by atoms with van der Waals surface area (Å²) >= 11 is 0. The van der Waals surface area contributed by atoms with Crippen LogP contribution in [0.5, 0.6) is 5.88 Å². The summed E-state index contributed by atoms with van der Waals surface area (Å²) in [5.74, 6) is 0.328. The fourth-order valence-corrected chi connectivity index (χ4v) is 1.81. The summed E-state index contributed by atoms with van der Waals surface area (Å²) in [5.41, 5.74) is 1.09. The molecule has 0 radical (unpaired) electrons. The minimum Gasteiger partial charge on any atom is -0.480 e. The first-order valence-corrected chi connectivity index (χ1v) is 5.81. The summed E-state index contributed by atoms with van der Waals surface area (Å²) in [6, 6.07) is 0. The van der Waals surface area contributed by atoms with Crippen molar-refractivity contribution in [2.75, 3.05) is 7.11 Å². The van der Waals surface area contributed by atoms with E-state index in [9.17, 15) is 5.11 Å². The highest BCUT2D eigenvalue weighted by Crippen LogP contribution is 2.25. The smallest absolute Gasteiger partial charge is 0.238 e. The van der Waals surface area contributed by atoms with E-state index in [1.165, 1.54) is 19.5 Å². The van der Waals surface area contributed by atoms with Crippen molar-refractivity contribution in [2.24, 2.45) is 0 Å². The fourth-order valence-electron chi connectivity index (χ4n) is 1.81. The van der Waals surface area contributed by atoms with Gasteiger partial charge in [-0.3, -0.25) is 4.98 Å². The van der Waals surface area contributed by atoms with Gasteiger partial charge >= 0.3 is 0 Å². The van der Waals surface area contributed by atoms with Crippen molar-refractivity contribution in [3.8, 4) is 5.88 Å². The highest BCUT2D eigenvalue weighted by molar-refractivity contribution is 5.26. The molecular formula is C12H16N4O2. The van der Waals surface area contributed by atoms with Crippen LogP contribution in [0.25, 0.3) is 0 Å². The van der Waals surface area contributed by atoms with Gasteiger partial charge in [-0.05, 0) is 6.42 Å². The first kappa shape index (κ1) is 12.5. The standard InChI is InChI=1S/C12H16N4O2/c1-3-6-16-8-13-7-9(16)11(17)10-12(18-2)15-5-4-14-10/h4-5,7-8,11,17H,3,6H2,1-2H3. The van der Waals surface area contributed by atoms with Crippen LogP contribution >= 0.6 is 0 Å². The van der Waals surface area contributed by atoms with Gasteiger partial charge in [0.2, 0.25) is 5.88 Å². The molecule has 0 bridgehead atoms. The van der Waals surface area contributed by atoms with Crippen molar-refractivity contribution in [2.45, 2.75) is 26.0 Å². The molecule has 0 saturated heterocycles. The van der Waals surface area contributed by atoms with Gasteiger partial charge in [-0.1, -0.05) is 6.92 Å². The predicted molar refractivity (Wildman–Crippen MR) is 65.2 cm³/mol. The van der Waals surface area contributed by atoms with Gasteiger partial charge in [-0.15, -0.1) is 0 Å². The normalized spacial score (nSPS) is 12.4. The van der Waals surface area contributed by atoms with Gasteiger partial charge in [0.15, 0.2) is 0 Å². The summed E-state index contributed by atoms with van der Waals surface area (Å²) in [6.45, 7) is 2.87. The monoisotopic (exact) mass is 248 g/mol. The molecule has 1 atom stereocenters. The Morgan fingerprint density at radius 3 is 2.89 bits per heavy atom. The minimum atomic E-state index is -0.886. The molecule has 1 N–H and O–H groups in total. The average Bonchev–Trinajstić information content (AvgIpc) is 2.86. The number of ether oxygens (including phenoxy) is 1. The molecule has 0 aromatic carbocycles. The molecule has 0 aliphatic carbocycles. The van der Waals surface area contributed by atoms with E-state index in [0.29, 0.717) is 17.3 Å². The SMILES string of the molecule is CCCn1cncc1C(O)c1nccnc1OC. The number of methoxy groups -OCH3 is 1. The van der Waals surface area contributed by atoms with Crippen LogP contribution in [0.4, 0.5) is 0 Å². The van der Waals surface area contributed by atoms with Crippen molar-refractivity contribution >= 4 is 0 Å². The van der Waals surface area contributed by atoms with E-state index < -0.39 is 6.10 Å². The Kier molecular flexibility index (Phi) is 3.88. The Labute approximate surface area is 105 Å². The zero-order valence-corrected chi connectivity index (χ0v) is 10.4. The van der Waals surface area contributed by atoms with E-state index >= 15 is 0 Å². The van der Waals surface area contributed by atoms with Crippen molar-refractivity contribution in [1.82, 2.24) is 19.5 Å². The Morgan fingerprint density at radius 1 is 1.39 bits per heavy atom. The minimum absolute atomic E-state index is 0.328. The highest BCUT2D eigenvalue weighted by atomic mass is 16.5. The maximum Gasteiger partial charge on any atom is 0.238 e. The molecule has 0 aliphatic heterocycles. The van der Waals surface area contributed by atoms with Gasteiger partial charge in [-0.2, -0.15) is 0 Å². The number of hydrogen-bond acceptors (Lipinski definition) is 5. The average molecular weight is 248 g/mol. The summed E-state index contributed by atoms with van der Waals surface area (Å²) in [7, 11) is 1.50. The molecule has 6 nitrogen and oxygen atoms in total. The molecule has 2 heterocycles. The van der Waals surface area contributed by atoms with E-state index in [2.05, 4.69) is 21.9 Å². The van der Waals surface area contributed by atoms with Gasteiger partial charge in [0.1, 0.15) is 11.8 Å². The molecule has 0 fully saturated rings. The number of aryl methyl sites for hydroxylation is 1. The summed E-state index contributed by atoms with van der Waals surface area (Å²) < 4.78 is 7.00. The van der Waals surface area contributed by atoms with Crippen molar-refractivity contribution in [3.05, 3.63) is 36.3 Å². The van der Waals surface area contributed by atoms with Crippen LogP contribution in [0.2, 0.25) is 0 Å². The third-order valence-electron chi connectivity index (χ3n) is 2.63. The van der Waals surface area contributed by atoms with E-state index in [-0.39, 0.29) is 0 Å². The van der Waals surface area contributed by atoms with E-state index in [1.807, 2.05) is 4.57 Å². The topological polar surface area (TPSA) is 73.1 Å². The van der Waals surface area contributed by atoms with Crippen molar-refractivity contribution < 1.29 is 9.84 Å². The van der Waals surface area contributed by atoms with Crippen LogP contribution in [0.1, 0.15) is 30.8 Å². The highest BCUT2D eigenvalue weighted by Gasteiger charge is 2.21. The first-order chi connectivity index (χ1) is 8.77. The van der Waals surface area contributed by atoms with Crippen LogP contribution in [0.15, 0.2) is 24.9 Å². The molecule has 96 valence electrons. The Hall–Kier alpha value is -1.95. The zero-order valence-electron chi connectivity index (χ0n) is 10.4. The Morgan fingerprint density at radius 2 is 2.17 bits per heavy atom. The molecule has 6 heteroatoms. The predicted octanol–water partition coefficient (Wildman–Crippen LogP) is 1.17. The summed E-state index contributed by atoms with van der Waals surface area (Å²) in [4.78, 5) is 12.2. The van der Waals surface area contributed by atoms with Crippen LogP contribution in [0.3, 0.4) is 0 Å². The molecule has 2 rings (SSSR count). The summed E-state index contributed by atoms with van der Waals surface area (Å²) in [6.07, 6.45) is 6.47. The maximum absolute atomic E-state index is 10.4. The molecule has 0 amide bonds. The Balaban J connectivity index is 2.35. The number of nitrogens with zero attached hydrogens (tertiary/aromatic N) is 4. The largest absolute Gasteiger partial charge is 0.480 e. The van der Waals surface area contributed by atoms with Gasteiger partial charge in [0.25, 0.3) is 0 Å².